The molecule has 0 heterocycles. The van der Waals surface area contributed by atoms with Gasteiger partial charge in [-0.2, -0.15) is 0 Å². The summed E-state index contributed by atoms with van der Waals surface area (Å²) in [6.45, 7) is 9.48. The Kier molecular flexibility index (Phi) is 8.30. The fraction of sp³-hybridized carbons (Fsp3) is 0.0968. The Bertz CT molecular complexity index is 3420. The van der Waals surface area contributed by atoms with E-state index < -0.39 is 0 Å². The summed E-state index contributed by atoms with van der Waals surface area (Å²) in [5.41, 5.74) is 21.5. The molecule has 1 heteroatoms. The van der Waals surface area contributed by atoms with Gasteiger partial charge in [0.25, 0.3) is 0 Å². The molecule has 0 saturated heterocycles. The molecular formula is C62H47N. The number of rotatable bonds is 6. The van der Waals surface area contributed by atoms with Gasteiger partial charge < -0.3 is 4.90 Å². The molecule has 2 aliphatic carbocycles. The van der Waals surface area contributed by atoms with Crippen molar-refractivity contribution in [3.05, 3.63) is 235 Å². The molecule has 12 rings (SSSR count). The second-order valence-corrected chi connectivity index (χ2v) is 18.4. The van der Waals surface area contributed by atoms with Gasteiger partial charge in [-0.1, -0.05) is 204 Å². The number of hydrogen-bond donors (Lipinski definition) is 0. The summed E-state index contributed by atoms with van der Waals surface area (Å²) in [6, 6.07) is 79.0. The minimum absolute atomic E-state index is 0.0967. The lowest BCUT2D eigenvalue weighted by Crippen LogP contribution is -2.16. The number of fused-ring (bicyclic) bond motifs is 9. The second-order valence-electron chi connectivity index (χ2n) is 18.4. The zero-order chi connectivity index (χ0) is 42.5. The van der Waals surface area contributed by atoms with Crippen LogP contribution in [0.1, 0.15) is 49.9 Å². The maximum absolute atomic E-state index is 2.44. The van der Waals surface area contributed by atoms with Crippen LogP contribution < -0.4 is 4.90 Å². The van der Waals surface area contributed by atoms with Crippen LogP contribution in [0.3, 0.4) is 0 Å². The highest BCUT2D eigenvalue weighted by atomic mass is 15.1. The Morgan fingerprint density at radius 1 is 0.286 bits per heavy atom. The van der Waals surface area contributed by atoms with Gasteiger partial charge in [0.1, 0.15) is 0 Å². The standard InChI is InChI=1S/C62H47N/c1-61(2)55-27-14-12-21-49(55)51-38-37-45(39-57(51)61)63(43-33-29-40(30-34-43)46-25-16-26-54-50-22-13-15-28-56(50)62(3,4)60(46)54)44-35-31-42(32-36-44)59-53-24-11-9-20-48(53)47-19-8-10-23-52(47)58(59)41-17-6-5-7-18-41/h5-39H,1-4H3. The first kappa shape index (κ1) is 37.3. The normalized spacial score (nSPS) is 14.0. The van der Waals surface area contributed by atoms with E-state index in [1.807, 2.05) is 0 Å². The first-order chi connectivity index (χ1) is 30.8. The summed E-state index contributed by atoms with van der Waals surface area (Å²) in [4.78, 5) is 2.44. The van der Waals surface area contributed by atoms with Crippen molar-refractivity contribution >= 4 is 38.6 Å². The second kappa shape index (κ2) is 14.0. The van der Waals surface area contributed by atoms with Crippen molar-refractivity contribution in [3.8, 4) is 55.6 Å². The van der Waals surface area contributed by atoms with Gasteiger partial charge in [0, 0.05) is 27.9 Å². The minimum Gasteiger partial charge on any atom is -0.310 e. The fourth-order valence-corrected chi connectivity index (χ4v) is 11.3. The molecule has 0 fully saturated rings. The summed E-state index contributed by atoms with van der Waals surface area (Å²) in [5, 5.41) is 5.07. The number of benzene rings is 10. The van der Waals surface area contributed by atoms with Crippen LogP contribution in [0.4, 0.5) is 17.1 Å². The van der Waals surface area contributed by atoms with Gasteiger partial charge in [0.15, 0.2) is 0 Å². The molecule has 2 aliphatic rings. The average molecular weight is 806 g/mol. The zero-order valence-corrected chi connectivity index (χ0v) is 36.2. The van der Waals surface area contributed by atoms with E-state index in [1.165, 1.54) is 99.4 Å². The van der Waals surface area contributed by atoms with E-state index in [9.17, 15) is 0 Å². The largest absolute Gasteiger partial charge is 0.310 e. The van der Waals surface area contributed by atoms with Gasteiger partial charge in [-0.25, -0.2) is 0 Å². The Balaban J connectivity index is 1.02. The SMILES string of the molecule is CC1(C)c2ccccc2-c2ccc(N(c3ccc(-c4cccc5c4C(C)(C)c4ccccc4-5)cc3)c3ccc(-c4c(-c5ccccc5)c5ccccc5c5ccccc45)cc3)cc21. The molecule has 0 unspecified atom stereocenters. The molecule has 300 valence electrons. The van der Waals surface area contributed by atoms with E-state index in [1.54, 1.807) is 0 Å². The summed E-state index contributed by atoms with van der Waals surface area (Å²) < 4.78 is 0. The maximum Gasteiger partial charge on any atom is 0.0465 e. The van der Waals surface area contributed by atoms with Gasteiger partial charge in [0.05, 0.1) is 0 Å². The van der Waals surface area contributed by atoms with Gasteiger partial charge in [-0.3, -0.25) is 0 Å². The van der Waals surface area contributed by atoms with Crippen molar-refractivity contribution < 1.29 is 0 Å². The average Bonchev–Trinajstić information content (AvgIpc) is 3.71. The van der Waals surface area contributed by atoms with Crippen LogP contribution in [0, 0.1) is 0 Å². The molecule has 10 aromatic rings. The first-order valence-electron chi connectivity index (χ1n) is 22.3. The summed E-state index contributed by atoms with van der Waals surface area (Å²) in [5.74, 6) is 0. The lowest BCUT2D eigenvalue weighted by molar-refractivity contribution is 0.660. The number of hydrogen-bond acceptors (Lipinski definition) is 1. The van der Waals surface area contributed by atoms with Crippen LogP contribution in [0.25, 0.3) is 77.2 Å². The molecule has 1 nitrogen and oxygen atoms in total. The van der Waals surface area contributed by atoms with Crippen LogP contribution >= 0.6 is 0 Å². The molecular weight excluding hydrogens is 759 g/mol. The molecule has 0 aromatic heterocycles. The molecule has 0 bridgehead atoms. The van der Waals surface area contributed by atoms with E-state index in [-0.39, 0.29) is 10.8 Å². The molecule has 0 saturated carbocycles. The van der Waals surface area contributed by atoms with Crippen molar-refractivity contribution in [2.24, 2.45) is 0 Å². The Morgan fingerprint density at radius 2 is 0.714 bits per heavy atom. The van der Waals surface area contributed by atoms with E-state index in [4.69, 9.17) is 0 Å². The third kappa shape index (κ3) is 5.62. The van der Waals surface area contributed by atoms with Gasteiger partial charge in [-0.15, -0.1) is 0 Å². The summed E-state index contributed by atoms with van der Waals surface area (Å²) in [6.07, 6.45) is 0. The number of anilines is 3. The molecule has 63 heavy (non-hydrogen) atoms. The Labute approximate surface area is 370 Å². The molecule has 0 amide bonds. The number of nitrogens with zero attached hydrogens (tertiary/aromatic N) is 1. The predicted molar refractivity (Wildman–Crippen MR) is 268 cm³/mol. The molecule has 0 spiro atoms. The lowest BCUT2D eigenvalue weighted by atomic mass is 9.79. The topological polar surface area (TPSA) is 3.24 Å². The predicted octanol–water partition coefficient (Wildman–Crippen LogP) is 17.1. The third-order valence-corrected chi connectivity index (χ3v) is 14.3. The van der Waals surface area contributed by atoms with E-state index >= 15 is 0 Å². The highest BCUT2D eigenvalue weighted by molar-refractivity contribution is 6.21. The zero-order valence-electron chi connectivity index (χ0n) is 36.2. The highest BCUT2D eigenvalue weighted by Gasteiger charge is 2.38. The fourth-order valence-electron chi connectivity index (χ4n) is 11.3. The van der Waals surface area contributed by atoms with Crippen molar-refractivity contribution in [1.82, 2.24) is 0 Å². The van der Waals surface area contributed by atoms with Gasteiger partial charge in [-0.05, 0) is 136 Å². The Morgan fingerprint density at radius 3 is 1.33 bits per heavy atom. The lowest BCUT2D eigenvalue weighted by Gasteiger charge is -2.29. The van der Waals surface area contributed by atoms with Crippen molar-refractivity contribution in [3.63, 3.8) is 0 Å². The van der Waals surface area contributed by atoms with Crippen molar-refractivity contribution in [1.29, 1.82) is 0 Å². The van der Waals surface area contributed by atoms with Crippen molar-refractivity contribution in [2.75, 3.05) is 4.90 Å². The monoisotopic (exact) mass is 805 g/mol. The van der Waals surface area contributed by atoms with Gasteiger partial charge in [0.2, 0.25) is 0 Å². The van der Waals surface area contributed by atoms with Crippen LogP contribution in [-0.4, -0.2) is 0 Å². The quantitative estimate of drug-likeness (QED) is 0.151. The van der Waals surface area contributed by atoms with E-state index in [0.717, 1.165) is 17.1 Å². The highest BCUT2D eigenvalue weighted by Crippen LogP contribution is 2.54. The van der Waals surface area contributed by atoms with Crippen LogP contribution in [0.15, 0.2) is 212 Å². The smallest absolute Gasteiger partial charge is 0.0465 e. The van der Waals surface area contributed by atoms with Crippen molar-refractivity contribution in [2.45, 2.75) is 38.5 Å². The third-order valence-electron chi connectivity index (χ3n) is 14.3. The van der Waals surface area contributed by atoms with Crippen LogP contribution in [0.2, 0.25) is 0 Å². The summed E-state index contributed by atoms with van der Waals surface area (Å²) in [7, 11) is 0. The van der Waals surface area contributed by atoms with E-state index in [0.29, 0.717) is 0 Å². The molecule has 0 radical (unpaired) electrons. The van der Waals surface area contributed by atoms with E-state index in [2.05, 4.69) is 245 Å². The Hall–Kier alpha value is -7.48. The molecule has 0 N–H and O–H groups in total. The van der Waals surface area contributed by atoms with Crippen LogP contribution in [0.5, 0.6) is 0 Å². The van der Waals surface area contributed by atoms with Gasteiger partial charge >= 0.3 is 0 Å². The molecule has 0 aliphatic heterocycles. The molecule has 10 aromatic carbocycles. The maximum atomic E-state index is 2.44. The summed E-state index contributed by atoms with van der Waals surface area (Å²) >= 11 is 0. The first-order valence-corrected chi connectivity index (χ1v) is 22.3. The van der Waals surface area contributed by atoms with Crippen LogP contribution in [-0.2, 0) is 10.8 Å². The minimum atomic E-state index is -0.121. The molecule has 0 atom stereocenters.